The van der Waals surface area contributed by atoms with Gasteiger partial charge in [-0.1, -0.05) is 43.7 Å². The van der Waals surface area contributed by atoms with Gasteiger partial charge in [0, 0.05) is 18.6 Å². The lowest BCUT2D eigenvalue weighted by atomic mass is 9.83. The van der Waals surface area contributed by atoms with Crippen LogP contribution in [0.3, 0.4) is 0 Å². The molecule has 1 aliphatic carbocycles. The summed E-state index contributed by atoms with van der Waals surface area (Å²) < 4.78 is 0. The monoisotopic (exact) mass is 260 g/mol. The van der Waals surface area contributed by atoms with E-state index in [0.717, 1.165) is 5.92 Å². The number of hydrogen-bond donors (Lipinski definition) is 1. The van der Waals surface area contributed by atoms with Crippen LogP contribution in [0, 0.1) is 5.92 Å². The van der Waals surface area contributed by atoms with E-state index in [1.54, 1.807) is 0 Å². The minimum absolute atomic E-state index is 0.365. The summed E-state index contributed by atoms with van der Waals surface area (Å²) in [6.07, 6.45) is 6.78. The molecule has 1 atom stereocenters. The maximum Gasteiger partial charge on any atom is 0.0470 e. The molecule has 19 heavy (non-hydrogen) atoms. The van der Waals surface area contributed by atoms with Crippen molar-refractivity contribution in [2.45, 2.75) is 51.1 Å². The number of rotatable bonds is 5. The summed E-state index contributed by atoms with van der Waals surface area (Å²) in [5.74, 6) is 0.956. The molecule has 2 heteroatoms. The molecule has 0 spiro atoms. The second-order valence-corrected chi connectivity index (χ2v) is 5.91. The fraction of sp³-hybridized carbons (Fsp3) is 0.647. The highest BCUT2D eigenvalue weighted by molar-refractivity contribution is 5.19. The molecule has 2 rings (SSSR count). The van der Waals surface area contributed by atoms with Gasteiger partial charge in [-0.25, -0.2) is 0 Å². The molecule has 0 aliphatic heterocycles. The average molecular weight is 260 g/mol. The molecule has 0 radical (unpaired) electrons. The quantitative estimate of drug-likeness (QED) is 0.876. The van der Waals surface area contributed by atoms with Crippen molar-refractivity contribution in [2.75, 3.05) is 13.6 Å². The van der Waals surface area contributed by atoms with Gasteiger partial charge in [0.1, 0.15) is 0 Å². The third-order valence-corrected chi connectivity index (χ3v) is 4.87. The first-order chi connectivity index (χ1) is 9.26. The summed E-state index contributed by atoms with van der Waals surface area (Å²) >= 11 is 0. The molecule has 1 saturated carbocycles. The van der Waals surface area contributed by atoms with Crippen molar-refractivity contribution in [2.24, 2.45) is 11.7 Å². The van der Waals surface area contributed by atoms with Gasteiger partial charge < -0.3 is 5.73 Å². The van der Waals surface area contributed by atoms with Crippen molar-refractivity contribution in [3.05, 3.63) is 35.9 Å². The summed E-state index contributed by atoms with van der Waals surface area (Å²) in [5, 5.41) is 0. The van der Waals surface area contributed by atoms with Gasteiger partial charge >= 0.3 is 0 Å². The molecular weight excluding hydrogens is 232 g/mol. The summed E-state index contributed by atoms with van der Waals surface area (Å²) in [7, 11) is 2.25. The molecule has 0 amide bonds. The van der Waals surface area contributed by atoms with Crippen LogP contribution < -0.4 is 5.73 Å². The standard InChI is InChI=1S/C17H28N2/c1-3-14-9-11-16(12-10-14)19(2)17(13-18)15-7-5-4-6-8-15/h4-8,14,16-17H,3,9-13,18H2,1-2H3. The van der Waals surface area contributed by atoms with Crippen LogP contribution in [0.4, 0.5) is 0 Å². The third kappa shape index (κ3) is 3.58. The molecule has 1 unspecified atom stereocenters. The number of nitrogens with zero attached hydrogens (tertiary/aromatic N) is 1. The van der Waals surface area contributed by atoms with Gasteiger partial charge in [0.05, 0.1) is 0 Å². The van der Waals surface area contributed by atoms with Crippen LogP contribution in [0.25, 0.3) is 0 Å². The summed E-state index contributed by atoms with van der Waals surface area (Å²) in [4.78, 5) is 2.52. The summed E-state index contributed by atoms with van der Waals surface area (Å²) in [5.41, 5.74) is 7.38. The van der Waals surface area contributed by atoms with E-state index in [2.05, 4.69) is 49.2 Å². The van der Waals surface area contributed by atoms with E-state index in [-0.39, 0.29) is 0 Å². The van der Waals surface area contributed by atoms with E-state index in [4.69, 9.17) is 5.73 Å². The van der Waals surface area contributed by atoms with E-state index >= 15 is 0 Å². The Hall–Kier alpha value is -0.860. The predicted octanol–water partition coefficient (Wildman–Crippen LogP) is 3.59. The highest BCUT2D eigenvalue weighted by Gasteiger charge is 2.27. The Bertz CT molecular complexity index is 355. The third-order valence-electron chi connectivity index (χ3n) is 4.87. The van der Waals surface area contributed by atoms with Crippen molar-refractivity contribution < 1.29 is 0 Å². The zero-order chi connectivity index (χ0) is 13.7. The normalized spacial score (nSPS) is 25.5. The fourth-order valence-corrected chi connectivity index (χ4v) is 3.43. The van der Waals surface area contributed by atoms with E-state index in [1.807, 2.05) is 0 Å². The molecule has 2 nitrogen and oxygen atoms in total. The molecule has 1 aromatic rings. The lowest BCUT2D eigenvalue weighted by Crippen LogP contribution is -2.40. The van der Waals surface area contributed by atoms with Gasteiger partial charge in [-0.3, -0.25) is 4.90 Å². The van der Waals surface area contributed by atoms with Crippen LogP contribution in [0.1, 0.15) is 50.6 Å². The Balaban J connectivity index is 1.99. The first-order valence-corrected chi connectivity index (χ1v) is 7.73. The SMILES string of the molecule is CCC1CCC(N(C)C(CN)c2ccccc2)CC1. The first kappa shape index (κ1) is 14.5. The molecule has 0 saturated heterocycles. The lowest BCUT2D eigenvalue weighted by Gasteiger charge is -2.39. The van der Waals surface area contributed by atoms with Crippen LogP contribution >= 0.6 is 0 Å². The Kier molecular flexibility index (Phi) is 5.41. The molecule has 0 aromatic heterocycles. The molecule has 0 bridgehead atoms. The first-order valence-electron chi connectivity index (χ1n) is 7.73. The summed E-state index contributed by atoms with van der Waals surface area (Å²) in [6, 6.07) is 11.8. The van der Waals surface area contributed by atoms with Crippen molar-refractivity contribution in [3.63, 3.8) is 0 Å². The highest BCUT2D eigenvalue weighted by Crippen LogP contribution is 2.32. The van der Waals surface area contributed by atoms with Crippen LogP contribution in [-0.4, -0.2) is 24.5 Å². The van der Waals surface area contributed by atoms with Crippen molar-refractivity contribution >= 4 is 0 Å². The van der Waals surface area contributed by atoms with Gasteiger partial charge in [-0.2, -0.15) is 0 Å². The van der Waals surface area contributed by atoms with Crippen LogP contribution in [0.15, 0.2) is 30.3 Å². The second-order valence-electron chi connectivity index (χ2n) is 5.91. The molecule has 1 fully saturated rings. The average Bonchev–Trinajstić information content (AvgIpc) is 2.49. The van der Waals surface area contributed by atoms with Gasteiger partial charge in [-0.15, -0.1) is 0 Å². The van der Waals surface area contributed by atoms with Crippen molar-refractivity contribution in [3.8, 4) is 0 Å². The van der Waals surface area contributed by atoms with Crippen molar-refractivity contribution in [1.29, 1.82) is 0 Å². The van der Waals surface area contributed by atoms with Gasteiger partial charge in [-0.05, 0) is 44.2 Å². The van der Waals surface area contributed by atoms with Crippen LogP contribution in [-0.2, 0) is 0 Å². The minimum Gasteiger partial charge on any atom is -0.329 e. The molecular formula is C17H28N2. The minimum atomic E-state index is 0.365. The molecule has 1 aromatic carbocycles. The summed E-state index contributed by atoms with van der Waals surface area (Å²) in [6.45, 7) is 3.02. The van der Waals surface area contributed by atoms with E-state index < -0.39 is 0 Å². The Labute approximate surface area is 118 Å². The van der Waals surface area contributed by atoms with Gasteiger partial charge in [0.2, 0.25) is 0 Å². The van der Waals surface area contributed by atoms with Gasteiger partial charge in [0.25, 0.3) is 0 Å². The van der Waals surface area contributed by atoms with E-state index in [1.165, 1.54) is 37.7 Å². The predicted molar refractivity (Wildman–Crippen MR) is 82.0 cm³/mol. The highest BCUT2D eigenvalue weighted by atomic mass is 15.2. The Morgan fingerprint density at radius 3 is 2.32 bits per heavy atom. The zero-order valence-corrected chi connectivity index (χ0v) is 12.4. The largest absolute Gasteiger partial charge is 0.329 e. The van der Waals surface area contributed by atoms with E-state index in [9.17, 15) is 0 Å². The number of likely N-dealkylation sites (N-methyl/N-ethyl adjacent to an activating group) is 1. The topological polar surface area (TPSA) is 29.3 Å². The number of benzene rings is 1. The number of nitrogens with two attached hydrogens (primary N) is 1. The van der Waals surface area contributed by atoms with Crippen LogP contribution in [0.2, 0.25) is 0 Å². The van der Waals surface area contributed by atoms with Crippen LogP contribution in [0.5, 0.6) is 0 Å². The maximum atomic E-state index is 6.02. The second kappa shape index (κ2) is 7.06. The Morgan fingerprint density at radius 2 is 1.79 bits per heavy atom. The Morgan fingerprint density at radius 1 is 1.16 bits per heavy atom. The molecule has 2 N–H and O–H groups in total. The fourth-order valence-electron chi connectivity index (χ4n) is 3.43. The smallest absolute Gasteiger partial charge is 0.0470 e. The van der Waals surface area contributed by atoms with Gasteiger partial charge in [0.15, 0.2) is 0 Å². The molecule has 106 valence electrons. The maximum absolute atomic E-state index is 6.02. The zero-order valence-electron chi connectivity index (χ0n) is 12.4. The number of hydrogen-bond acceptors (Lipinski definition) is 2. The molecule has 1 aliphatic rings. The molecule has 0 heterocycles. The lowest BCUT2D eigenvalue weighted by molar-refractivity contribution is 0.122. The van der Waals surface area contributed by atoms with Crippen molar-refractivity contribution in [1.82, 2.24) is 4.90 Å². The van der Waals surface area contributed by atoms with E-state index in [0.29, 0.717) is 18.6 Å².